The van der Waals surface area contributed by atoms with Crippen LogP contribution < -0.4 is 10.1 Å². The largest absolute Gasteiger partial charge is 0.475 e. The summed E-state index contributed by atoms with van der Waals surface area (Å²) in [5, 5.41) is 2.87. The number of rotatable bonds is 9. The molecule has 6 nitrogen and oxygen atoms in total. The standard InChI is InChI=1S/C16H26N2O4/c1-6-9-16(3,21-5)15(19)18-13-7-8-14(17-12(13)2)22-11-10-20-4/h7-8H,6,9-11H2,1-5H3,(H,18,19)/t16-/m1/s1. The van der Waals surface area contributed by atoms with E-state index >= 15 is 0 Å². The van der Waals surface area contributed by atoms with E-state index in [1.54, 1.807) is 33.3 Å². The summed E-state index contributed by atoms with van der Waals surface area (Å²) >= 11 is 0. The number of nitrogens with one attached hydrogen (secondary N) is 1. The number of aromatic nitrogens is 1. The van der Waals surface area contributed by atoms with Crippen molar-refractivity contribution in [3.63, 3.8) is 0 Å². The number of hydrogen-bond donors (Lipinski definition) is 1. The Kier molecular flexibility index (Phi) is 7.27. The van der Waals surface area contributed by atoms with Crippen LogP contribution in [0.4, 0.5) is 5.69 Å². The fourth-order valence-corrected chi connectivity index (χ4v) is 2.02. The van der Waals surface area contributed by atoms with Crippen molar-refractivity contribution in [2.24, 2.45) is 0 Å². The van der Waals surface area contributed by atoms with Crippen LogP contribution in [0.15, 0.2) is 12.1 Å². The zero-order valence-corrected chi connectivity index (χ0v) is 14.1. The predicted molar refractivity (Wildman–Crippen MR) is 85.3 cm³/mol. The molecule has 1 heterocycles. The molecule has 0 spiro atoms. The molecule has 0 bridgehead atoms. The number of carbonyl (C=O) groups is 1. The summed E-state index contributed by atoms with van der Waals surface area (Å²) in [6.07, 6.45) is 1.52. The molecule has 1 atom stereocenters. The fourth-order valence-electron chi connectivity index (χ4n) is 2.02. The lowest BCUT2D eigenvalue weighted by atomic mass is 9.99. The lowest BCUT2D eigenvalue weighted by Gasteiger charge is -2.26. The van der Waals surface area contributed by atoms with Crippen LogP contribution in [0.5, 0.6) is 5.88 Å². The third kappa shape index (κ3) is 4.96. The summed E-state index contributed by atoms with van der Waals surface area (Å²) in [7, 11) is 3.16. The number of pyridine rings is 1. The van der Waals surface area contributed by atoms with E-state index in [-0.39, 0.29) is 5.91 Å². The molecule has 0 fully saturated rings. The van der Waals surface area contributed by atoms with Crippen molar-refractivity contribution in [2.45, 2.75) is 39.2 Å². The zero-order valence-electron chi connectivity index (χ0n) is 14.1. The summed E-state index contributed by atoms with van der Waals surface area (Å²) in [5.41, 5.74) is 0.510. The van der Waals surface area contributed by atoms with E-state index in [0.29, 0.717) is 36.9 Å². The van der Waals surface area contributed by atoms with E-state index in [9.17, 15) is 4.79 Å². The van der Waals surface area contributed by atoms with Crippen LogP contribution in [0.25, 0.3) is 0 Å². The Hall–Kier alpha value is -1.66. The molecule has 1 amide bonds. The van der Waals surface area contributed by atoms with Gasteiger partial charge in [-0.3, -0.25) is 4.79 Å². The monoisotopic (exact) mass is 310 g/mol. The van der Waals surface area contributed by atoms with Gasteiger partial charge in [0, 0.05) is 20.3 Å². The van der Waals surface area contributed by atoms with Crippen molar-refractivity contribution in [3.8, 4) is 5.88 Å². The molecule has 0 saturated heterocycles. The van der Waals surface area contributed by atoms with Gasteiger partial charge in [0.2, 0.25) is 5.88 Å². The second-order valence-electron chi connectivity index (χ2n) is 5.26. The average molecular weight is 310 g/mol. The Bertz CT molecular complexity index is 493. The summed E-state index contributed by atoms with van der Waals surface area (Å²) in [5.74, 6) is 0.338. The van der Waals surface area contributed by atoms with Crippen molar-refractivity contribution in [3.05, 3.63) is 17.8 Å². The number of methoxy groups -OCH3 is 2. The van der Waals surface area contributed by atoms with Crippen LogP contribution in [0, 0.1) is 6.92 Å². The van der Waals surface area contributed by atoms with Crippen LogP contribution in [-0.4, -0.2) is 43.9 Å². The van der Waals surface area contributed by atoms with Crippen LogP contribution in [0.3, 0.4) is 0 Å². The average Bonchev–Trinajstić information content (AvgIpc) is 2.50. The number of ether oxygens (including phenoxy) is 3. The van der Waals surface area contributed by atoms with Crippen molar-refractivity contribution in [2.75, 3.05) is 32.8 Å². The van der Waals surface area contributed by atoms with Crippen molar-refractivity contribution in [1.29, 1.82) is 0 Å². The van der Waals surface area contributed by atoms with Crippen molar-refractivity contribution < 1.29 is 19.0 Å². The minimum atomic E-state index is -0.838. The van der Waals surface area contributed by atoms with Gasteiger partial charge in [-0.1, -0.05) is 13.3 Å². The quantitative estimate of drug-likeness (QED) is 0.710. The molecule has 0 aliphatic heterocycles. The van der Waals surface area contributed by atoms with Gasteiger partial charge in [0.15, 0.2) is 0 Å². The maximum absolute atomic E-state index is 12.4. The first-order valence-electron chi connectivity index (χ1n) is 7.42. The van der Waals surface area contributed by atoms with Crippen LogP contribution in [0.2, 0.25) is 0 Å². The molecule has 124 valence electrons. The molecule has 1 aromatic heterocycles. The highest BCUT2D eigenvalue weighted by Crippen LogP contribution is 2.22. The number of anilines is 1. The Labute approximate surface area is 132 Å². The molecule has 0 saturated carbocycles. The van der Waals surface area contributed by atoms with E-state index in [0.717, 1.165) is 6.42 Å². The van der Waals surface area contributed by atoms with Crippen LogP contribution in [-0.2, 0) is 14.3 Å². The van der Waals surface area contributed by atoms with Gasteiger partial charge < -0.3 is 19.5 Å². The van der Waals surface area contributed by atoms with Gasteiger partial charge in [0.25, 0.3) is 5.91 Å². The van der Waals surface area contributed by atoms with Gasteiger partial charge in [0.1, 0.15) is 12.2 Å². The Morgan fingerprint density at radius 1 is 1.32 bits per heavy atom. The van der Waals surface area contributed by atoms with Crippen LogP contribution in [0.1, 0.15) is 32.4 Å². The highest BCUT2D eigenvalue weighted by Gasteiger charge is 2.32. The smallest absolute Gasteiger partial charge is 0.256 e. The maximum Gasteiger partial charge on any atom is 0.256 e. The lowest BCUT2D eigenvalue weighted by Crippen LogP contribution is -2.42. The SMILES string of the molecule is CCC[C@@](C)(OC)C(=O)Nc1ccc(OCCOC)nc1C. The van der Waals surface area contributed by atoms with Gasteiger partial charge in [-0.15, -0.1) is 0 Å². The minimum Gasteiger partial charge on any atom is -0.475 e. The number of carbonyl (C=O) groups excluding carboxylic acids is 1. The first-order chi connectivity index (χ1) is 10.5. The molecule has 0 aliphatic carbocycles. The molecular formula is C16H26N2O4. The number of hydrogen-bond acceptors (Lipinski definition) is 5. The van der Waals surface area contributed by atoms with Crippen molar-refractivity contribution in [1.82, 2.24) is 4.98 Å². The maximum atomic E-state index is 12.4. The van der Waals surface area contributed by atoms with Gasteiger partial charge in [-0.2, -0.15) is 0 Å². The Morgan fingerprint density at radius 3 is 2.59 bits per heavy atom. The molecule has 1 N–H and O–H groups in total. The zero-order chi connectivity index (χ0) is 16.6. The summed E-state index contributed by atoms with van der Waals surface area (Å²) < 4.78 is 15.7. The summed E-state index contributed by atoms with van der Waals surface area (Å²) in [6.45, 7) is 6.57. The number of aryl methyl sites for hydroxylation is 1. The number of nitrogens with zero attached hydrogens (tertiary/aromatic N) is 1. The van der Waals surface area contributed by atoms with Gasteiger partial charge >= 0.3 is 0 Å². The first-order valence-corrected chi connectivity index (χ1v) is 7.42. The molecule has 0 aromatic carbocycles. The van der Waals surface area contributed by atoms with E-state index < -0.39 is 5.60 Å². The minimum absolute atomic E-state index is 0.171. The molecule has 0 radical (unpaired) electrons. The van der Waals surface area contributed by atoms with Gasteiger partial charge in [-0.25, -0.2) is 4.98 Å². The highest BCUT2D eigenvalue weighted by atomic mass is 16.5. The molecule has 6 heteroatoms. The normalized spacial score (nSPS) is 13.5. The Morgan fingerprint density at radius 2 is 2.05 bits per heavy atom. The third-order valence-corrected chi connectivity index (χ3v) is 3.50. The highest BCUT2D eigenvalue weighted by molar-refractivity contribution is 5.97. The van der Waals surface area contributed by atoms with E-state index in [4.69, 9.17) is 14.2 Å². The summed E-state index contributed by atoms with van der Waals surface area (Å²) in [4.78, 5) is 16.7. The predicted octanol–water partition coefficient (Wildman–Crippen LogP) is 2.56. The molecule has 1 aromatic rings. The van der Waals surface area contributed by atoms with E-state index in [2.05, 4.69) is 10.3 Å². The van der Waals surface area contributed by atoms with Crippen molar-refractivity contribution >= 4 is 11.6 Å². The molecule has 22 heavy (non-hydrogen) atoms. The molecule has 1 rings (SSSR count). The lowest BCUT2D eigenvalue weighted by molar-refractivity contribution is -0.136. The third-order valence-electron chi connectivity index (χ3n) is 3.50. The van der Waals surface area contributed by atoms with E-state index in [1.807, 2.05) is 13.8 Å². The molecule has 0 unspecified atom stereocenters. The first kappa shape index (κ1) is 18.4. The molecule has 0 aliphatic rings. The number of amides is 1. The second-order valence-corrected chi connectivity index (χ2v) is 5.26. The topological polar surface area (TPSA) is 69.7 Å². The summed E-state index contributed by atoms with van der Waals surface area (Å²) in [6, 6.07) is 3.51. The van der Waals surface area contributed by atoms with Gasteiger partial charge in [-0.05, 0) is 26.3 Å². The van der Waals surface area contributed by atoms with Crippen LogP contribution >= 0.6 is 0 Å². The van der Waals surface area contributed by atoms with E-state index in [1.165, 1.54) is 0 Å². The molecular weight excluding hydrogens is 284 g/mol. The van der Waals surface area contributed by atoms with Gasteiger partial charge in [0.05, 0.1) is 18.0 Å². The Balaban J connectivity index is 2.75. The fraction of sp³-hybridized carbons (Fsp3) is 0.625. The second kappa shape index (κ2) is 8.70.